The van der Waals surface area contributed by atoms with Gasteiger partial charge in [0, 0.05) is 5.38 Å². The molecule has 0 bridgehead atoms. The van der Waals surface area contributed by atoms with Gasteiger partial charge in [-0.05, 0) is 25.7 Å². The highest BCUT2D eigenvalue weighted by Crippen LogP contribution is 2.20. The molecule has 0 atom stereocenters. The second-order valence-corrected chi connectivity index (χ2v) is 5.22. The molecule has 1 aliphatic carbocycles. The van der Waals surface area contributed by atoms with Crippen LogP contribution in [0, 0.1) is 0 Å². The highest BCUT2D eigenvalue weighted by Gasteiger charge is 2.15. The lowest BCUT2D eigenvalue weighted by Gasteiger charge is -2.11. The molecule has 1 aromatic rings. The van der Waals surface area contributed by atoms with E-state index >= 15 is 0 Å². The average molecular weight is 266 g/mol. The maximum absolute atomic E-state index is 10.8. The Morgan fingerprint density at radius 1 is 1.44 bits per heavy atom. The number of nitrogens with zero attached hydrogens (tertiary/aromatic N) is 2. The molecule has 1 fully saturated rings. The number of hydrogen-bond donors (Lipinski definition) is 1. The van der Waals surface area contributed by atoms with Gasteiger partial charge in [0.15, 0.2) is 10.8 Å². The molecule has 0 spiro atoms. The predicted molar refractivity (Wildman–Crippen MR) is 71.3 cm³/mol. The van der Waals surface area contributed by atoms with Gasteiger partial charge in [-0.1, -0.05) is 18.0 Å². The molecule has 0 aromatic carbocycles. The van der Waals surface area contributed by atoms with Gasteiger partial charge in [0.1, 0.15) is 11.8 Å². The number of nitrogen functional groups attached to an aromatic ring is 1. The first-order chi connectivity index (χ1) is 8.79. The van der Waals surface area contributed by atoms with Crippen molar-refractivity contribution in [2.75, 3.05) is 5.73 Å². The molecule has 18 heavy (non-hydrogen) atoms. The van der Waals surface area contributed by atoms with E-state index in [0.29, 0.717) is 10.8 Å². The van der Waals surface area contributed by atoms with Gasteiger partial charge in [-0.2, -0.15) is 0 Å². The number of rotatable bonds is 4. The molecule has 97 valence electrons. The zero-order valence-corrected chi connectivity index (χ0v) is 10.9. The fourth-order valence-electron chi connectivity index (χ4n) is 1.99. The van der Waals surface area contributed by atoms with Crippen molar-refractivity contribution in [2.45, 2.75) is 44.6 Å². The van der Waals surface area contributed by atoms with E-state index in [9.17, 15) is 4.79 Å². The number of anilines is 1. The van der Waals surface area contributed by atoms with Crippen LogP contribution in [0.5, 0.6) is 0 Å². The maximum Gasteiger partial charge on any atom is 0.259 e. The van der Waals surface area contributed by atoms with E-state index in [0.717, 1.165) is 25.7 Å². The van der Waals surface area contributed by atoms with Crippen LogP contribution >= 0.6 is 11.3 Å². The zero-order valence-electron chi connectivity index (χ0n) is 10.1. The van der Waals surface area contributed by atoms with Gasteiger partial charge in [-0.25, -0.2) is 4.98 Å². The van der Waals surface area contributed by atoms with Crippen molar-refractivity contribution < 1.29 is 9.63 Å². The molecular formula is C12H16N3O2S. The van der Waals surface area contributed by atoms with Gasteiger partial charge < -0.3 is 10.6 Å². The summed E-state index contributed by atoms with van der Waals surface area (Å²) in [5.74, 6) is 0. The van der Waals surface area contributed by atoms with E-state index in [1.54, 1.807) is 11.7 Å². The Morgan fingerprint density at radius 3 is 2.72 bits per heavy atom. The topological polar surface area (TPSA) is 77.6 Å². The smallest absolute Gasteiger partial charge is 0.259 e. The Morgan fingerprint density at radius 2 is 2.17 bits per heavy atom. The summed E-state index contributed by atoms with van der Waals surface area (Å²) < 4.78 is 0. The van der Waals surface area contributed by atoms with Crippen molar-refractivity contribution in [3.8, 4) is 0 Å². The number of hydrogen-bond acceptors (Lipinski definition) is 6. The Balaban J connectivity index is 1.99. The Hall–Kier alpha value is -1.43. The fraction of sp³-hybridized carbons (Fsp3) is 0.583. The third-order valence-electron chi connectivity index (χ3n) is 2.96. The second-order valence-electron chi connectivity index (χ2n) is 4.33. The van der Waals surface area contributed by atoms with Crippen molar-refractivity contribution in [3.63, 3.8) is 0 Å². The molecule has 0 unspecified atom stereocenters. The Labute approximate surface area is 110 Å². The predicted octanol–water partition coefficient (Wildman–Crippen LogP) is 2.28. The number of aromatic nitrogens is 1. The van der Waals surface area contributed by atoms with Gasteiger partial charge in [0.05, 0.1) is 0 Å². The molecule has 1 aliphatic rings. The fourth-order valence-corrected chi connectivity index (χ4v) is 2.54. The summed E-state index contributed by atoms with van der Waals surface area (Å²) in [4.78, 5) is 20.3. The third-order valence-corrected chi connectivity index (χ3v) is 3.63. The lowest BCUT2D eigenvalue weighted by molar-refractivity contribution is 0.0490. The average Bonchev–Trinajstić information content (AvgIpc) is 2.65. The standard InChI is InChI=1S/C12H16N3O2S/c13-12-14-11(8-18-12)10(7-16)15-17-9-5-3-1-2-4-6-9/h8-9H,1-6H2,(H2,13,14)/b15-10+. The zero-order chi connectivity index (χ0) is 12.8. The molecule has 0 aliphatic heterocycles. The first-order valence-electron chi connectivity index (χ1n) is 6.13. The van der Waals surface area contributed by atoms with Crippen molar-refractivity contribution in [2.24, 2.45) is 5.16 Å². The molecular weight excluding hydrogens is 250 g/mol. The van der Waals surface area contributed by atoms with E-state index in [4.69, 9.17) is 10.6 Å². The lowest BCUT2D eigenvalue weighted by Crippen LogP contribution is -2.11. The summed E-state index contributed by atoms with van der Waals surface area (Å²) in [6.45, 7) is 0. The summed E-state index contributed by atoms with van der Waals surface area (Å²) >= 11 is 1.26. The molecule has 6 heteroatoms. The minimum Gasteiger partial charge on any atom is -0.392 e. The van der Waals surface area contributed by atoms with Crippen LogP contribution < -0.4 is 5.73 Å². The van der Waals surface area contributed by atoms with Crippen molar-refractivity contribution in [1.29, 1.82) is 0 Å². The molecule has 1 radical (unpaired) electrons. The molecule has 2 rings (SSSR count). The van der Waals surface area contributed by atoms with E-state index in [1.807, 2.05) is 0 Å². The van der Waals surface area contributed by atoms with Crippen LogP contribution in [0.4, 0.5) is 5.13 Å². The van der Waals surface area contributed by atoms with Crippen LogP contribution in [0.25, 0.3) is 0 Å². The number of nitrogens with two attached hydrogens (primary N) is 1. The monoisotopic (exact) mass is 266 g/mol. The van der Waals surface area contributed by atoms with Crippen molar-refractivity contribution in [3.05, 3.63) is 11.1 Å². The molecule has 1 saturated carbocycles. The quantitative estimate of drug-likeness (QED) is 0.515. The van der Waals surface area contributed by atoms with Crippen LogP contribution in [0.15, 0.2) is 10.5 Å². The SMILES string of the molecule is Nc1nc(/C([C]=O)=N/OC2CCCCCC2)cs1. The Bertz CT molecular complexity index is 423. The number of oxime groups is 1. The first-order valence-corrected chi connectivity index (χ1v) is 7.01. The van der Waals surface area contributed by atoms with Crippen molar-refractivity contribution >= 4 is 28.5 Å². The third kappa shape index (κ3) is 3.53. The van der Waals surface area contributed by atoms with Gasteiger partial charge >= 0.3 is 0 Å². The molecule has 0 saturated heterocycles. The van der Waals surface area contributed by atoms with Crippen LogP contribution in [0.1, 0.15) is 44.2 Å². The van der Waals surface area contributed by atoms with E-state index in [1.165, 1.54) is 24.2 Å². The lowest BCUT2D eigenvalue weighted by atomic mass is 10.2. The number of carbonyl (C=O) groups excluding carboxylic acids is 1. The Kier molecular flexibility index (Phi) is 4.69. The molecule has 1 aromatic heterocycles. The van der Waals surface area contributed by atoms with Crippen LogP contribution in [-0.4, -0.2) is 23.1 Å². The number of thiazole rings is 1. The van der Waals surface area contributed by atoms with E-state index in [2.05, 4.69) is 10.1 Å². The molecule has 2 N–H and O–H groups in total. The van der Waals surface area contributed by atoms with Crippen molar-refractivity contribution in [1.82, 2.24) is 4.98 Å². The maximum atomic E-state index is 10.8. The summed E-state index contributed by atoms with van der Waals surface area (Å²) in [6, 6.07) is 0. The van der Waals surface area contributed by atoms with E-state index in [-0.39, 0.29) is 11.8 Å². The van der Waals surface area contributed by atoms with Gasteiger partial charge in [0.25, 0.3) is 6.29 Å². The summed E-state index contributed by atoms with van der Waals surface area (Å²) in [7, 11) is 0. The second kappa shape index (κ2) is 6.49. The van der Waals surface area contributed by atoms with E-state index < -0.39 is 0 Å². The summed E-state index contributed by atoms with van der Waals surface area (Å²) in [5, 5.41) is 5.95. The molecule has 0 amide bonds. The molecule has 5 nitrogen and oxygen atoms in total. The van der Waals surface area contributed by atoms with Crippen LogP contribution in [0.2, 0.25) is 0 Å². The molecule has 1 heterocycles. The van der Waals surface area contributed by atoms with Crippen LogP contribution in [0.3, 0.4) is 0 Å². The van der Waals surface area contributed by atoms with Gasteiger partial charge in [-0.15, -0.1) is 11.3 Å². The van der Waals surface area contributed by atoms with Gasteiger partial charge in [0.2, 0.25) is 0 Å². The normalized spacial score (nSPS) is 18.3. The minimum absolute atomic E-state index is 0.0900. The highest BCUT2D eigenvalue weighted by atomic mass is 32.1. The highest BCUT2D eigenvalue weighted by molar-refractivity contribution is 7.13. The first kappa shape index (κ1) is 13.0. The van der Waals surface area contributed by atoms with Gasteiger partial charge in [-0.3, -0.25) is 4.79 Å². The summed E-state index contributed by atoms with van der Waals surface area (Å²) in [6.07, 6.45) is 8.65. The van der Waals surface area contributed by atoms with Crippen LogP contribution in [-0.2, 0) is 9.63 Å². The minimum atomic E-state index is 0.0900. The summed E-state index contributed by atoms with van der Waals surface area (Å²) in [5.41, 5.74) is 6.03. The largest absolute Gasteiger partial charge is 0.392 e.